The summed E-state index contributed by atoms with van der Waals surface area (Å²) >= 11 is 0. The standard InChI is InChI=1S/C42H40N4O3/c1-41(2,3)34-19-15-30(16-20-34)39-45-43-37(48-39)28-11-7-26(8-12-28)32-23-33(25-36(47)24-32)27-9-13-29(14-10-27)38-44-46-40(49-38)31-17-21-35(22-18-31)42(4,5)6/h7-21,23-25,35,47H,22H2,1-6H3. The minimum Gasteiger partial charge on any atom is -0.508 e. The number of allylic oxidation sites excluding steroid dienone is 4. The number of phenolic OH excluding ortho intramolecular Hbond substituents is 1. The second kappa shape index (κ2) is 12.5. The number of aromatic hydroxyl groups is 1. The molecule has 2 heterocycles. The van der Waals surface area contributed by atoms with Gasteiger partial charge in [-0.2, -0.15) is 0 Å². The third-order valence-corrected chi connectivity index (χ3v) is 9.16. The van der Waals surface area contributed by atoms with Crippen LogP contribution in [0.15, 0.2) is 118 Å². The van der Waals surface area contributed by atoms with Crippen LogP contribution in [0.25, 0.3) is 62.2 Å². The van der Waals surface area contributed by atoms with E-state index in [4.69, 9.17) is 8.83 Å². The van der Waals surface area contributed by atoms with E-state index in [1.807, 2.05) is 60.7 Å². The Balaban J connectivity index is 1.06. The number of benzene rings is 4. The van der Waals surface area contributed by atoms with Crippen molar-refractivity contribution in [3.05, 3.63) is 121 Å². The molecule has 0 radical (unpaired) electrons. The molecule has 0 saturated heterocycles. The maximum Gasteiger partial charge on any atom is 0.248 e. The van der Waals surface area contributed by atoms with Gasteiger partial charge in [0.15, 0.2) is 0 Å². The fourth-order valence-electron chi connectivity index (χ4n) is 6.00. The normalized spacial score (nSPS) is 15.0. The molecule has 7 nitrogen and oxygen atoms in total. The van der Waals surface area contributed by atoms with Crippen molar-refractivity contribution in [1.29, 1.82) is 0 Å². The molecule has 0 fully saturated rings. The van der Waals surface area contributed by atoms with E-state index in [1.54, 1.807) is 12.1 Å². The van der Waals surface area contributed by atoms with Crippen LogP contribution in [-0.4, -0.2) is 25.5 Å². The van der Waals surface area contributed by atoms with Gasteiger partial charge in [-0.15, -0.1) is 20.4 Å². The van der Waals surface area contributed by atoms with Gasteiger partial charge in [0.05, 0.1) is 0 Å². The highest BCUT2D eigenvalue weighted by Gasteiger charge is 2.24. The Kier molecular flexibility index (Phi) is 8.15. The molecule has 1 aliphatic rings. The molecular formula is C42H40N4O3. The van der Waals surface area contributed by atoms with Crippen molar-refractivity contribution < 1.29 is 13.9 Å². The van der Waals surface area contributed by atoms with E-state index in [9.17, 15) is 5.11 Å². The van der Waals surface area contributed by atoms with Crippen LogP contribution < -0.4 is 0 Å². The first-order valence-electron chi connectivity index (χ1n) is 16.6. The van der Waals surface area contributed by atoms with Crippen molar-refractivity contribution in [3.63, 3.8) is 0 Å². The van der Waals surface area contributed by atoms with Crippen molar-refractivity contribution in [3.8, 4) is 62.4 Å². The number of phenols is 1. The maximum atomic E-state index is 10.7. The first-order valence-corrected chi connectivity index (χ1v) is 16.6. The van der Waals surface area contributed by atoms with E-state index in [0.717, 1.165) is 50.9 Å². The third-order valence-electron chi connectivity index (χ3n) is 9.16. The molecular weight excluding hydrogens is 608 g/mol. The quantitative estimate of drug-likeness (QED) is 0.192. The van der Waals surface area contributed by atoms with Crippen LogP contribution in [0.3, 0.4) is 0 Å². The summed E-state index contributed by atoms with van der Waals surface area (Å²) in [5.41, 5.74) is 8.71. The van der Waals surface area contributed by atoms with Crippen LogP contribution in [0.5, 0.6) is 5.75 Å². The zero-order chi connectivity index (χ0) is 34.3. The molecule has 1 aliphatic carbocycles. The van der Waals surface area contributed by atoms with Gasteiger partial charge in [0.2, 0.25) is 23.6 Å². The average Bonchev–Trinajstić information content (AvgIpc) is 3.79. The van der Waals surface area contributed by atoms with Gasteiger partial charge < -0.3 is 13.9 Å². The highest BCUT2D eigenvalue weighted by Crippen LogP contribution is 2.37. The lowest BCUT2D eigenvalue weighted by molar-refractivity contribution is 0.294. The highest BCUT2D eigenvalue weighted by molar-refractivity contribution is 5.77. The molecule has 7 heteroatoms. The second-order valence-electron chi connectivity index (χ2n) is 14.8. The molecule has 7 rings (SSSR count). The van der Waals surface area contributed by atoms with Gasteiger partial charge in [-0.25, -0.2) is 0 Å². The molecule has 49 heavy (non-hydrogen) atoms. The van der Waals surface area contributed by atoms with Crippen LogP contribution in [-0.2, 0) is 5.41 Å². The zero-order valence-electron chi connectivity index (χ0n) is 28.7. The summed E-state index contributed by atoms with van der Waals surface area (Å²) in [6.07, 6.45) is 7.45. The Morgan fingerprint density at radius 3 is 1.41 bits per heavy atom. The smallest absolute Gasteiger partial charge is 0.248 e. The number of hydrogen-bond donors (Lipinski definition) is 1. The first kappa shape index (κ1) is 32.0. The highest BCUT2D eigenvalue weighted by atomic mass is 16.4. The summed E-state index contributed by atoms with van der Waals surface area (Å²) < 4.78 is 12.1. The summed E-state index contributed by atoms with van der Waals surface area (Å²) in [4.78, 5) is 0. The van der Waals surface area contributed by atoms with Crippen LogP contribution in [0.1, 0.15) is 59.4 Å². The molecule has 1 N–H and O–H groups in total. The second-order valence-corrected chi connectivity index (χ2v) is 14.8. The van der Waals surface area contributed by atoms with Crippen LogP contribution in [0.2, 0.25) is 0 Å². The Bertz CT molecular complexity index is 2160. The van der Waals surface area contributed by atoms with Gasteiger partial charge in [0, 0.05) is 22.3 Å². The lowest BCUT2D eigenvalue weighted by Crippen LogP contribution is -2.19. The molecule has 246 valence electrons. The van der Waals surface area contributed by atoms with Gasteiger partial charge in [0.1, 0.15) is 5.75 Å². The van der Waals surface area contributed by atoms with E-state index >= 15 is 0 Å². The fourth-order valence-corrected chi connectivity index (χ4v) is 6.00. The summed E-state index contributed by atoms with van der Waals surface area (Å²) in [6.45, 7) is 13.3. The topological polar surface area (TPSA) is 98.1 Å². The molecule has 0 aliphatic heterocycles. The largest absolute Gasteiger partial charge is 0.508 e. The monoisotopic (exact) mass is 648 g/mol. The van der Waals surface area contributed by atoms with Crippen molar-refractivity contribution >= 4 is 5.57 Å². The van der Waals surface area contributed by atoms with E-state index in [1.165, 1.54) is 5.56 Å². The van der Waals surface area contributed by atoms with Crippen molar-refractivity contribution in [2.75, 3.05) is 0 Å². The van der Waals surface area contributed by atoms with Gasteiger partial charge in [0.25, 0.3) is 0 Å². The Morgan fingerprint density at radius 1 is 0.551 bits per heavy atom. The summed E-state index contributed by atoms with van der Waals surface area (Å²) in [7, 11) is 0. The predicted molar refractivity (Wildman–Crippen MR) is 194 cm³/mol. The van der Waals surface area contributed by atoms with Crippen LogP contribution >= 0.6 is 0 Å². The zero-order valence-corrected chi connectivity index (χ0v) is 28.7. The van der Waals surface area contributed by atoms with Crippen LogP contribution in [0, 0.1) is 11.3 Å². The Morgan fingerprint density at radius 2 is 0.980 bits per heavy atom. The Labute approximate surface area is 287 Å². The Hall–Kier alpha value is -5.56. The fraction of sp³-hybridized carbons (Fsp3) is 0.238. The average molecular weight is 649 g/mol. The van der Waals surface area contributed by atoms with Gasteiger partial charge in [-0.05, 0) is 106 Å². The summed E-state index contributed by atoms with van der Waals surface area (Å²) in [5.74, 6) is 2.60. The molecule has 1 unspecified atom stereocenters. The van der Waals surface area contributed by atoms with Crippen molar-refractivity contribution in [1.82, 2.24) is 20.4 Å². The van der Waals surface area contributed by atoms with Gasteiger partial charge in [-0.3, -0.25) is 0 Å². The SMILES string of the molecule is CC(C)(C)c1ccc(-c2nnc(-c3ccc(-c4cc(O)cc(-c5ccc(-c6nnc(C7=CCC(C(C)(C)C)C=C7)o6)cc5)c4)cc3)o2)cc1. The third kappa shape index (κ3) is 6.88. The number of aromatic nitrogens is 4. The van der Waals surface area contributed by atoms with Crippen molar-refractivity contribution in [2.24, 2.45) is 11.3 Å². The molecule has 1 atom stereocenters. The van der Waals surface area contributed by atoms with E-state index < -0.39 is 0 Å². The molecule has 0 spiro atoms. The summed E-state index contributed by atoms with van der Waals surface area (Å²) in [6, 6.07) is 29.6. The lowest BCUT2D eigenvalue weighted by atomic mass is 9.76. The molecule has 0 amide bonds. The lowest BCUT2D eigenvalue weighted by Gasteiger charge is -2.29. The van der Waals surface area contributed by atoms with Gasteiger partial charge in [-0.1, -0.05) is 96.2 Å². The molecule has 0 bridgehead atoms. The number of rotatable bonds is 6. The molecule has 4 aromatic carbocycles. The number of hydrogen-bond acceptors (Lipinski definition) is 7. The molecule has 6 aromatic rings. The minimum absolute atomic E-state index is 0.0733. The number of nitrogens with zero attached hydrogens (tertiary/aromatic N) is 4. The first-order chi connectivity index (χ1) is 23.4. The van der Waals surface area contributed by atoms with E-state index in [-0.39, 0.29) is 16.6 Å². The maximum absolute atomic E-state index is 10.7. The minimum atomic E-state index is 0.0733. The van der Waals surface area contributed by atoms with E-state index in [2.05, 4.69) is 98.4 Å². The van der Waals surface area contributed by atoms with E-state index in [0.29, 0.717) is 29.5 Å². The van der Waals surface area contributed by atoms with Crippen molar-refractivity contribution in [2.45, 2.75) is 53.4 Å². The van der Waals surface area contributed by atoms with Gasteiger partial charge >= 0.3 is 0 Å². The predicted octanol–water partition coefficient (Wildman–Crippen LogP) is 10.8. The molecule has 2 aromatic heterocycles. The molecule has 0 saturated carbocycles. The van der Waals surface area contributed by atoms with Crippen LogP contribution in [0.4, 0.5) is 0 Å². The summed E-state index contributed by atoms with van der Waals surface area (Å²) in [5, 5.41) is 27.9.